The predicted molar refractivity (Wildman–Crippen MR) is 83.5 cm³/mol. The molecule has 0 aliphatic carbocycles. The lowest BCUT2D eigenvalue weighted by molar-refractivity contribution is 0.516. The summed E-state index contributed by atoms with van der Waals surface area (Å²) in [4.78, 5) is 4.38. The van der Waals surface area contributed by atoms with Gasteiger partial charge in [0.25, 0.3) is 0 Å². The quantitative estimate of drug-likeness (QED) is 0.850. The third kappa shape index (κ3) is 3.78. The number of rotatable bonds is 5. The molecule has 0 bridgehead atoms. The summed E-state index contributed by atoms with van der Waals surface area (Å²) in [6.45, 7) is 2.79. The minimum Gasteiger partial charge on any atom is -0.309 e. The number of likely N-dealkylation sites (N-methyl/N-ethyl adjacent to an activating group) is 1. The predicted octanol–water partition coefficient (Wildman–Crippen LogP) is 4.53. The zero-order valence-corrected chi connectivity index (χ0v) is 13.4. The number of aromatic nitrogens is 1. The zero-order valence-electron chi connectivity index (χ0n) is 11.0. The number of hydrogen-bond acceptors (Lipinski definition) is 2. The van der Waals surface area contributed by atoms with Crippen LogP contribution in [-0.4, -0.2) is 11.5 Å². The lowest BCUT2D eigenvalue weighted by atomic mass is 10.0. The minimum atomic E-state index is -0.246. The lowest BCUT2D eigenvalue weighted by Crippen LogP contribution is -2.24. The maximum atomic E-state index is 13.9. The second-order valence-corrected chi connectivity index (χ2v) is 5.71. The molecule has 0 saturated heterocycles. The monoisotopic (exact) mass is 356 g/mol. The van der Waals surface area contributed by atoms with Crippen molar-refractivity contribution in [3.8, 4) is 0 Å². The Hall–Kier alpha value is -0.970. The summed E-state index contributed by atoms with van der Waals surface area (Å²) >= 11 is 9.43. The summed E-state index contributed by atoms with van der Waals surface area (Å²) in [5, 5.41) is 3.87. The largest absolute Gasteiger partial charge is 0.309 e. The van der Waals surface area contributed by atoms with E-state index in [1.807, 2.05) is 19.1 Å². The molecule has 5 heteroatoms. The lowest BCUT2D eigenvalue weighted by Gasteiger charge is -2.19. The normalized spacial score (nSPS) is 12.4. The van der Waals surface area contributed by atoms with Gasteiger partial charge in [0.1, 0.15) is 5.82 Å². The van der Waals surface area contributed by atoms with E-state index < -0.39 is 0 Å². The molecule has 1 heterocycles. The Morgan fingerprint density at radius 1 is 1.40 bits per heavy atom. The minimum absolute atomic E-state index is 0.0662. The molecule has 1 aromatic carbocycles. The third-order valence-electron chi connectivity index (χ3n) is 3.00. The summed E-state index contributed by atoms with van der Waals surface area (Å²) in [6.07, 6.45) is 2.23. The van der Waals surface area contributed by atoms with Crippen molar-refractivity contribution < 1.29 is 4.39 Å². The second kappa shape index (κ2) is 7.16. The molecule has 2 nitrogen and oxygen atoms in total. The van der Waals surface area contributed by atoms with Gasteiger partial charge in [-0.1, -0.05) is 18.5 Å². The molecule has 0 aliphatic heterocycles. The van der Waals surface area contributed by atoms with E-state index in [0.717, 1.165) is 16.7 Å². The molecule has 2 aromatic rings. The molecule has 0 fully saturated rings. The molecular weight excluding hydrogens is 343 g/mol. The van der Waals surface area contributed by atoms with Crippen LogP contribution in [0.1, 0.15) is 24.2 Å². The van der Waals surface area contributed by atoms with Crippen LogP contribution in [0.5, 0.6) is 0 Å². The van der Waals surface area contributed by atoms with E-state index in [0.29, 0.717) is 17.0 Å². The average Bonchev–Trinajstić information content (AvgIpc) is 2.43. The molecule has 0 radical (unpaired) electrons. The highest BCUT2D eigenvalue weighted by atomic mass is 79.9. The molecule has 2 rings (SSSR count). The molecule has 0 spiro atoms. The maximum Gasteiger partial charge on any atom is 0.126 e. The molecule has 1 unspecified atom stereocenters. The maximum absolute atomic E-state index is 13.9. The number of benzene rings is 1. The van der Waals surface area contributed by atoms with E-state index in [9.17, 15) is 4.39 Å². The van der Waals surface area contributed by atoms with Gasteiger partial charge >= 0.3 is 0 Å². The summed E-state index contributed by atoms with van der Waals surface area (Å²) in [5.41, 5.74) is 1.45. The Bertz CT molecular complexity index is 592. The molecule has 106 valence electrons. The molecule has 20 heavy (non-hydrogen) atoms. The molecular formula is C15H15BrClFN2. The van der Waals surface area contributed by atoms with E-state index in [4.69, 9.17) is 11.6 Å². The number of nitrogens with one attached hydrogen (secondary N) is 1. The van der Waals surface area contributed by atoms with Gasteiger partial charge in [0, 0.05) is 15.7 Å². The Morgan fingerprint density at radius 2 is 2.20 bits per heavy atom. The van der Waals surface area contributed by atoms with Crippen LogP contribution in [0.4, 0.5) is 4.39 Å². The smallest absolute Gasteiger partial charge is 0.126 e. The topological polar surface area (TPSA) is 24.9 Å². The van der Waals surface area contributed by atoms with Crippen LogP contribution in [0.2, 0.25) is 5.02 Å². The van der Waals surface area contributed by atoms with Crippen LogP contribution in [-0.2, 0) is 6.42 Å². The fourth-order valence-corrected chi connectivity index (χ4v) is 2.81. The van der Waals surface area contributed by atoms with Crippen LogP contribution in [0.25, 0.3) is 0 Å². The number of hydrogen-bond donors (Lipinski definition) is 1. The van der Waals surface area contributed by atoms with E-state index in [2.05, 4.69) is 26.2 Å². The van der Waals surface area contributed by atoms with Crippen molar-refractivity contribution >= 4 is 27.5 Å². The van der Waals surface area contributed by atoms with Crippen molar-refractivity contribution in [3.63, 3.8) is 0 Å². The van der Waals surface area contributed by atoms with Gasteiger partial charge in [-0.2, -0.15) is 0 Å². The fraction of sp³-hybridized carbons (Fsp3) is 0.267. The molecule has 0 saturated carbocycles. The third-order valence-corrected chi connectivity index (χ3v) is 3.90. The summed E-state index contributed by atoms with van der Waals surface area (Å²) in [7, 11) is 0. The van der Waals surface area contributed by atoms with Gasteiger partial charge in [-0.15, -0.1) is 0 Å². The Kier molecular flexibility index (Phi) is 5.52. The van der Waals surface area contributed by atoms with Crippen molar-refractivity contribution in [3.05, 3.63) is 63.1 Å². The second-order valence-electron chi connectivity index (χ2n) is 4.42. The first-order valence-corrected chi connectivity index (χ1v) is 7.56. The summed E-state index contributed by atoms with van der Waals surface area (Å²) in [6, 6.07) is 8.34. The van der Waals surface area contributed by atoms with Crippen molar-refractivity contribution in [2.45, 2.75) is 19.4 Å². The highest BCUT2D eigenvalue weighted by molar-refractivity contribution is 9.10. The van der Waals surface area contributed by atoms with E-state index in [-0.39, 0.29) is 11.9 Å². The molecule has 0 aliphatic rings. The van der Waals surface area contributed by atoms with Crippen molar-refractivity contribution in [1.82, 2.24) is 10.3 Å². The number of pyridine rings is 1. The fourth-order valence-electron chi connectivity index (χ4n) is 2.09. The Morgan fingerprint density at radius 3 is 2.90 bits per heavy atom. The SMILES string of the molecule is CCNC(Cc1cc(Cl)ccc1F)c1ncccc1Br. The first-order chi connectivity index (χ1) is 9.61. The van der Waals surface area contributed by atoms with Crippen molar-refractivity contribution in [2.24, 2.45) is 0 Å². The average molecular weight is 358 g/mol. The molecule has 1 N–H and O–H groups in total. The number of halogens is 3. The van der Waals surface area contributed by atoms with Gasteiger partial charge < -0.3 is 5.32 Å². The van der Waals surface area contributed by atoms with Gasteiger partial charge in [0.2, 0.25) is 0 Å². The van der Waals surface area contributed by atoms with Crippen molar-refractivity contribution in [1.29, 1.82) is 0 Å². The van der Waals surface area contributed by atoms with Crippen LogP contribution in [0.15, 0.2) is 41.0 Å². The Labute approximate surface area is 131 Å². The Balaban J connectivity index is 2.30. The van der Waals surface area contributed by atoms with E-state index in [1.54, 1.807) is 18.3 Å². The first kappa shape index (κ1) is 15.4. The van der Waals surface area contributed by atoms with E-state index >= 15 is 0 Å². The van der Waals surface area contributed by atoms with Gasteiger partial charge in [-0.05, 0) is 64.8 Å². The van der Waals surface area contributed by atoms with Gasteiger partial charge in [-0.3, -0.25) is 4.98 Å². The van der Waals surface area contributed by atoms with Crippen LogP contribution in [0, 0.1) is 5.82 Å². The summed E-state index contributed by atoms with van der Waals surface area (Å²) in [5.74, 6) is -0.246. The molecule has 1 aromatic heterocycles. The number of nitrogens with zero attached hydrogens (tertiary/aromatic N) is 1. The molecule has 0 amide bonds. The highest BCUT2D eigenvalue weighted by Gasteiger charge is 2.17. The summed E-state index contributed by atoms with van der Waals surface area (Å²) < 4.78 is 14.8. The molecule has 1 atom stereocenters. The van der Waals surface area contributed by atoms with Crippen LogP contribution >= 0.6 is 27.5 Å². The standard InChI is InChI=1S/C15H15BrClFN2/c1-2-19-14(15-12(16)4-3-7-20-15)9-10-8-11(17)5-6-13(10)18/h3-8,14,19H,2,9H2,1H3. The van der Waals surface area contributed by atoms with Gasteiger partial charge in [0.15, 0.2) is 0 Å². The van der Waals surface area contributed by atoms with Crippen molar-refractivity contribution in [2.75, 3.05) is 6.54 Å². The van der Waals surface area contributed by atoms with Crippen LogP contribution < -0.4 is 5.32 Å². The van der Waals surface area contributed by atoms with E-state index in [1.165, 1.54) is 6.07 Å². The highest BCUT2D eigenvalue weighted by Crippen LogP contribution is 2.26. The van der Waals surface area contributed by atoms with Crippen LogP contribution in [0.3, 0.4) is 0 Å². The van der Waals surface area contributed by atoms with Gasteiger partial charge in [-0.25, -0.2) is 4.39 Å². The first-order valence-electron chi connectivity index (χ1n) is 6.39. The van der Waals surface area contributed by atoms with Gasteiger partial charge in [0.05, 0.1) is 11.7 Å². The zero-order chi connectivity index (χ0) is 14.5.